The first-order valence-electron chi connectivity index (χ1n) is 7.66. The molecule has 0 aliphatic carbocycles. The number of benzene rings is 2. The van der Waals surface area contributed by atoms with Gasteiger partial charge in [0.05, 0.1) is 6.61 Å². The van der Waals surface area contributed by atoms with E-state index >= 15 is 0 Å². The van der Waals surface area contributed by atoms with Gasteiger partial charge in [-0.15, -0.1) is 0 Å². The molecule has 0 aliphatic rings. The van der Waals surface area contributed by atoms with Crippen LogP contribution in [-0.2, 0) is 6.54 Å². The molecule has 0 amide bonds. The summed E-state index contributed by atoms with van der Waals surface area (Å²) in [4.78, 5) is 0. The van der Waals surface area contributed by atoms with E-state index in [4.69, 9.17) is 4.74 Å². The maximum atomic E-state index is 5.79. The van der Waals surface area contributed by atoms with Crippen molar-refractivity contribution in [3.8, 4) is 5.75 Å². The van der Waals surface area contributed by atoms with Gasteiger partial charge in [-0.2, -0.15) is 0 Å². The second kappa shape index (κ2) is 7.72. The monoisotopic (exact) mass is 283 g/mol. The molecule has 0 saturated heterocycles. The maximum absolute atomic E-state index is 5.79. The van der Waals surface area contributed by atoms with Crippen molar-refractivity contribution in [2.75, 3.05) is 11.9 Å². The van der Waals surface area contributed by atoms with Crippen molar-refractivity contribution >= 4 is 5.69 Å². The molecule has 2 nitrogen and oxygen atoms in total. The van der Waals surface area contributed by atoms with Crippen molar-refractivity contribution < 1.29 is 4.74 Å². The SMILES string of the molecule is Cc1ccc(CNc2cccc(OCCC(C)C)c2)cc1. The van der Waals surface area contributed by atoms with Gasteiger partial charge < -0.3 is 10.1 Å². The third kappa shape index (κ3) is 5.50. The summed E-state index contributed by atoms with van der Waals surface area (Å²) >= 11 is 0. The fourth-order valence-electron chi connectivity index (χ4n) is 2.02. The molecular formula is C19H25NO. The van der Waals surface area contributed by atoms with E-state index in [1.54, 1.807) is 0 Å². The second-order valence-corrected chi connectivity index (χ2v) is 5.90. The number of hydrogen-bond acceptors (Lipinski definition) is 2. The fourth-order valence-corrected chi connectivity index (χ4v) is 2.02. The molecule has 21 heavy (non-hydrogen) atoms. The lowest BCUT2D eigenvalue weighted by molar-refractivity contribution is 0.289. The molecule has 1 N–H and O–H groups in total. The summed E-state index contributed by atoms with van der Waals surface area (Å²) in [5.41, 5.74) is 3.67. The summed E-state index contributed by atoms with van der Waals surface area (Å²) in [7, 11) is 0. The first kappa shape index (κ1) is 15.4. The average Bonchev–Trinajstić information content (AvgIpc) is 2.47. The smallest absolute Gasteiger partial charge is 0.121 e. The predicted octanol–water partition coefficient (Wildman–Crippen LogP) is 5.03. The van der Waals surface area contributed by atoms with E-state index in [9.17, 15) is 0 Å². The van der Waals surface area contributed by atoms with Crippen molar-refractivity contribution in [3.05, 3.63) is 59.7 Å². The van der Waals surface area contributed by atoms with E-state index in [-0.39, 0.29) is 0 Å². The van der Waals surface area contributed by atoms with Gasteiger partial charge in [0.2, 0.25) is 0 Å². The van der Waals surface area contributed by atoms with Gasteiger partial charge in [0.25, 0.3) is 0 Å². The lowest BCUT2D eigenvalue weighted by atomic mass is 10.1. The van der Waals surface area contributed by atoms with Crippen molar-refractivity contribution in [2.24, 2.45) is 5.92 Å². The summed E-state index contributed by atoms with van der Waals surface area (Å²) in [6.45, 7) is 8.13. The molecular weight excluding hydrogens is 258 g/mol. The van der Waals surface area contributed by atoms with Crippen molar-refractivity contribution in [1.29, 1.82) is 0 Å². The molecule has 0 bridgehead atoms. The first-order chi connectivity index (χ1) is 10.1. The molecule has 0 radical (unpaired) electrons. The van der Waals surface area contributed by atoms with Gasteiger partial charge >= 0.3 is 0 Å². The van der Waals surface area contributed by atoms with Crippen LogP contribution < -0.4 is 10.1 Å². The Kier molecular flexibility index (Phi) is 5.68. The van der Waals surface area contributed by atoms with Crippen molar-refractivity contribution in [2.45, 2.75) is 33.7 Å². The highest BCUT2D eigenvalue weighted by Crippen LogP contribution is 2.18. The first-order valence-corrected chi connectivity index (χ1v) is 7.66. The Labute approximate surface area is 128 Å². The summed E-state index contributed by atoms with van der Waals surface area (Å²) in [5.74, 6) is 1.61. The van der Waals surface area contributed by atoms with E-state index in [0.29, 0.717) is 5.92 Å². The topological polar surface area (TPSA) is 21.3 Å². The van der Waals surface area contributed by atoms with Crippen LogP contribution in [0.5, 0.6) is 5.75 Å². The standard InChI is InChI=1S/C19H25NO/c1-15(2)11-12-21-19-6-4-5-18(13-19)20-14-17-9-7-16(3)8-10-17/h4-10,13,15,20H,11-12,14H2,1-3H3. The minimum atomic E-state index is 0.674. The van der Waals surface area contributed by atoms with E-state index < -0.39 is 0 Å². The fraction of sp³-hybridized carbons (Fsp3) is 0.368. The minimum absolute atomic E-state index is 0.674. The Bertz CT molecular complexity index is 546. The average molecular weight is 283 g/mol. The summed E-state index contributed by atoms with van der Waals surface area (Å²) in [6, 6.07) is 16.8. The molecule has 2 rings (SSSR count). The summed E-state index contributed by atoms with van der Waals surface area (Å²) in [5, 5.41) is 3.44. The van der Waals surface area contributed by atoms with E-state index in [1.165, 1.54) is 11.1 Å². The Balaban J connectivity index is 1.87. The molecule has 0 saturated carbocycles. The van der Waals surface area contributed by atoms with Gasteiger partial charge in [0.1, 0.15) is 5.75 Å². The number of nitrogens with one attached hydrogen (secondary N) is 1. The maximum Gasteiger partial charge on any atom is 0.121 e. The Hall–Kier alpha value is -1.96. The molecule has 0 unspecified atom stereocenters. The third-order valence-electron chi connectivity index (χ3n) is 3.42. The van der Waals surface area contributed by atoms with Gasteiger partial charge in [-0.25, -0.2) is 0 Å². The van der Waals surface area contributed by atoms with Gasteiger partial charge in [-0.1, -0.05) is 49.7 Å². The van der Waals surface area contributed by atoms with E-state index in [1.807, 2.05) is 12.1 Å². The number of rotatable bonds is 7. The van der Waals surface area contributed by atoms with Crippen LogP contribution in [0.1, 0.15) is 31.4 Å². The molecule has 0 aromatic heterocycles. The zero-order chi connectivity index (χ0) is 15.1. The highest BCUT2D eigenvalue weighted by atomic mass is 16.5. The zero-order valence-electron chi connectivity index (χ0n) is 13.2. The van der Waals surface area contributed by atoms with Crippen molar-refractivity contribution in [3.63, 3.8) is 0 Å². The quantitative estimate of drug-likeness (QED) is 0.769. The van der Waals surface area contributed by atoms with Gasteiger partial charge in [-0.3, -0.25) is 0 Å². The van der Waals surface area contributed by atoms with Crippen LogP contribution in [0.3, 0.4) is 0 Å². The minimum Gasteiger partial charge on any atom is -0.494 e. The predicted molar refractivity (Wildman–Crippen MR) is 89.9 cm³/mol. The van der Waals surface area contributed by atoms with E-state index in [0.717, 1.165) is 31.0 Å². The molecule has 2 heteroatoms. The number of hydrogen-bond donors (Lipinski definition) is 1. The highest BCUT2D eigenvalue weighted by Gasteiger charge is 1.99. The molecule has 0 atom stereocenters. The van der Waals surface area contributed by atoms with Crippen LogP contribution in [0.15, 0.2) is 48.5 Å². The summed E-state index contributed by atoms with van der Waals surface area (Å²) < 4.78 is 5.79. The molecule has 0 aliphatic heterocycles. The van der Waals surface area contributed by atoms with E-state index in [2.05, 4.69) is 62.5 Å². The van der Waals surface area contributed by atoms with Crippen LogP contribution in [0.2, 0.25) is 0 Å². The zero-order valence-corrected chi connectivity index (χ0v) is 13.2. The lowest BCUT2D eigenvalue weighted by Gasteiger charge is -2.11. The largest absolute Gasteiger partial charge is 0.494 e. The highest BCUT2D eigenvalue weighted by molar-refractivity contribution is 5.48. The lowest BCUT2D eigenvalue weighted by Crippen LogP contribution is -2.02. The molecule has 2 aromatic rings. The van der Waals surface area contributed by atoms with Crippen LogP contribution in [-0.4, -0.2) is 6.61 Å². The Morgan fingerprint density at radius 2 is 1.81 bits per heavy atom. The Morgan fingerprint density at radius 1 is 1.05 bits per heavy atom. The van der Waals surface area contributed by atoms with Gasteiger partial charge in [0, 0.05) is 18.3 Å². The van der Waals surface area contributed by atoms with Crippen LogP contribution in [0, 0.1) is 12.8 Å². The Morgan fingerprint density at radius 3 is 2.52 bits per heavy atom. The molecule has 2 aromatic carbocycles. The summed E-state index contributed by atoms with van der Waals surface area (Å²) in [6.07, 6.45) is 1.08. The van der Waals surface area contributed by atoms with Gasteiger partial charge in [0.15, 0.2) is 0 Å². The normalized spacial score (nSPS) is 10.7. The molecule has 0 heterocycles. The molecule has 0 spiro atoms. The second-order valence-electron chi connectivity index (χ2n) is 5.90. The van der Waals surface area contributed by atoms with Gasteiger partial charge in [-0.05, 0) is 37.0 Å². The van der Waals surface area contributed by atoms with Crippen molar-refractivity contribution in [1.82, 2.24) is 0 Å². The third-order valence-corrected chi connectivity index (χ3v) is 3.42. The molecule has 112 valence electrons. The number of ether oxygens (including phenoxy) is 1. The van der Waals surface area contributed by atoms with Crippen LogP contribution >= 0.6 is 0 Å². The number of aryl methyl sites for hydroxylation is 1. The number of anilines is 1. The molecule has 0 fully saturated rings. The van der Waals surface area contributed by atoms with Crippen LogP contribution in [0.4, 0.5) is 5.69 Å². The van der Waals surface area contributed by atoms with Crippen LogP contribution in [0.25, 0.3) is 0 Å².